The molecule has 0 aliphatic rings. The van der Waals surface area contributed by atoms with Crippen LogP contribution in [-0.4, -0.2) is 51.2 Å². The number of rotatable bonds is 17. The molecule has 0 N–H and O–H groups in total. The van der Waals surface area contributed by atoms with E-state index in [4.69, 9.17) is 18.9 Å². The highest BCUT2D eigenvalue weighted by molar-refractivity contribution is 5.70. The Morgan fingerprint density at radius 3 is 1.37 bits per heavy atom. The Bertz CT molecular complexity index is 331. The fourth-order valence-electron chi connectivity index (χ4n) is 2.57. The quantitative estimate of drug-likeness (QED) is 0.255. The Morgan fingerprint density at radius 1 is 0.704 bits per heavy atom. The van der Waals surface area contributed by atoms with Crippen LogP contribution in [0, 0.1) is 5.41 Å². The molecule has 0 aliphatic carbocycles. The van der Waals surface area contributed by atoms with Gasteiger partial charge in [-0.05, 0) is 40.0 Å². The Hall–Kier alpha value is -0.650. The number of carbonyl (C=O) groups is 1. The SMILES string of the molecule is CCCCOCC(COCCCC)(COCCCC)CC(=O)OC(C)(C)C. The molecular weight excluding hydrogens is 344 g/mol. The van der Waals surface area contributed by atoms with E-state index in [-0.39, 0.29) is 12.4 Å². The van der Waals surface area contributed by atoms with E-state index in [1.807, 2.05) is 20.8 Å². The fraction of sp³-hybridized carbons (Fsp3) is 0.955. The molecule has 5 nitrogen and oxygen atoms in total. The topological polar surface area (TPSA) is 54.0 Å². The molecule has 0 bridgehead atoms. The second-order valence-electron chi connectivity index (χ2n) is 8.48. The lowest BCUT2D eigenvalue weighted by molar-refractivity contribution is -0.163. The van der Waals surface area contributed by atoms with Gasteiger partial charge < -0.3 is 18.9 Å². The van der Waals surface area contributed by atoms with Gasteiger partial charge in [-0.2, -0.15) is 0 Å². The summed E-state index contributed by atoms with van der Waals surface area (Å²) in [6, 6.07) is 0. The van der Waals surface area contributed by atoms with Crippen LogP contribution in [0.1, 0.15) is 86.5 Å². The molecule has 0 aromatic rings. The summed E-state index contributed by atoms with van der Waals surface area (Å²) in [5.74, 6) is -0.222. The van der Waals surface area contributed by atoms with E-state index >= 15 is 0 Å². The lowest BCUT2D eigenvalue weighted by Crippen LogP contribution is -2.41. The minimum atomic E-state index is -0.502. The van der Waals surface area contributed by atoms with E-state index in [2.05, 4.69) is 20.8 Å². The fourth-order valence-corrected chi connectivity index (χ4v) is 2.57. The second-order valence-corrected chi connectivity index (χ2v) is 8.48. The van der Waals surface area contributed by atoms with Crippen molar-refractivity contribution in [1.82, 2.24) is 0 Å². The Balaban J connectivity index is 5.04. The summed E-state index contributed by atoms with van der Waals surface area (Å²) in [4.78, 5) is 12.6. The third-order valence-electron chi connectivity index (χ3n) is 4.09. The maximum Gasteiger partial charge on any atom is 0.307 e. The van der Waals surface area contributed by atoms with E-state index in [1.54, 1.807) is 0 Å². The Labute approximate surface area is 167 Å². The molecule has 0 amide bonds. The molecule has 0 saturated carbocycles. The minimum absolute atomic E-state index is 0.222. The van der Waals surface area contributed by atoms with Crippen LogP contribution in [0.25, 0.3) is 0 Å². The summed E-state index contributed by atoms with van der Waals surface area (Å²) in [5, 5.41) is 0. The lowest BCUT2D eigenvalue weighted by Gasteiger charge is -2.33. The van der Waals surface area contributed by atoms with Crippen LogP contribution in [0.4, 0.5) is 0 Å². The van der Waals surface area contributed by atoms with Gasteiger partial charge in [-0.25, -0.2) is 0 Å². The number of esters is 1. The molecule has 0 radical (unpaired) electrons. The first-order valence-electron chi connectivity index (χ1n) is 10.7. The Morgan fingerprint density at radius 2 is 1.07 bits per heavy atom. The Kier molecular flexibility index (Phi) is 14.9. The normalized spacial score (nSPS) is 12.4. The molecule has 0 spiro atoms. The highest BCUT2D eigenvalue weighted by atomic mass is 16.6. The van der Waals surface area contributed by atoms with Crippen molar-refractivity contribution in [1.29, 1.82) is 0 Å². The van der Waals surface area contributed by atoms with Gasteiger partial charge in [-0.3, -0.25) is 4.79 Å². The van der Waals surface area contributed by atoms with Crippen molar-refractivity contribution in [3.63, 3.8) is 0 Å². The third-order valence-corrected chi connectivity index (χ3v) is 4.09. The van der Waals surface area contributed by atoms with Gasteiger partial charge in [0.2, 0.25) is 0 Å². The van der Waals surface area contributed by atoms with Crippen molar-refractivity contribution in [3.05, 3.63) is 0 Å². The second kappa shape index (κ2) is 15.3. The summed E-state index contributed by atoms with van der Waals surface area (Å²) in [6.45, 7) is 15.5. The van der Waals surface area contributed by atoms with Crippen molar-refractivity contribution in [3.8, 4) is 0 Å². The minimum Gasteiger partial charge on any atom is -0.460 e. The average molecular weight is 389 g/mol. The molecular formula is C22H44O5. The molecule has 27 heavy (non-hydrogen) atoms. The van der Waals surface area contributed by atoms with Gasteiger partial charge in [0.1, 0.15) is 5.60 Å². The van der Waals surface area contributed by atoms with Crippen LogP contribution in [-0.2, 0) is 23.7 Å². The van der Waals surface area contributed by atoms with E-state index in [1.165, 1.54) is 0 Å². The standard InChI is InChI=1S/C22H44O5/c1-7-10-13-24-17-22(18-25-14-11-8-2,19-26-15-12-9-3)16-20(23)27-21(4,5)6/h7-19H2,1-6H3. The van der Waals surface area contributed by atoms with Crippen LogP contribution in [0.15, 0.2) is 0 Å². The third kappa shape index (κ3) is 15.0. The monoisotopic (exact) mass is 388 g/mol. The van der Waals surface area contributed by atoms with E-state index in [0.29, 0.717) is 39.6 Å². The van der Waals surface area contributed by atoms with Gasteiger partial charge in [0.25, 0.3) is 0 Å². The lowest BCUT2D eigenvalue weighted by atomic mass is 9.86. The van der Waals surface area contributed by atoms with E-state index in [0.717, 1.165) is 38.5 Å². The number of unbranched alkanes of at least 4 members (excludes halogenated alkanes) is 3. The van der Waals surface area contributed by atoms with E-state index in [9.17, 15) is 4.79 Å². The predicted molar refractivity (Wildman–Crippen MR) is 110 cm³/mol. The molecule has 0 fully saturated rings. The van der Waals surface area contributed by atoms with Gasteiger partial charge >= 0.3 is 5.97 Å². The molecule has 0 aromatic carbocycles. The molecule has 5 heteroatoms. The van der Waals surface area contributed by atoms with Crippen LogP contribution < -0.4 is 0 Å². The highest BCUT2D eigenvalue weighted by Gasteiger charge is 2.36. The van der Waals surface area contributed by atoms with Gasteiger partial charge in [0, 0.05) is 19.8 Å². The van der Waals surface area contributed by atoms with Crippen molar-refractivity contribution in [2.45, 2.75) is 92.1 Å². The number of ether oxygens (including phenoxy) is 4. The number of hydrogen-bond acceptors (Lipinski definition) is 5. The largest absolute Gasteiger partial charge is 0.460 e. The first kappa shape index (κ1) is 26.4. The number of hydrogen-bond donors (Lipinski definition) is 0. The van der Waals surface area contributed by atoms with Gasteiger partial charge in [-0.15, -0.1) is 0 Å². The maximum atomic E-state index is 12.6. The van der Waals surface area contributed by atoms with Crippen molar-refractivity contribution < 1.29 is 23.7 Å². The average Bonchev–Trinajstić information content (AvgIpc) is 2.58. The van der Waals surface area contributed by atoms with E-state index < -0.39 is 11.0 Å². The van der Waals surface area contributed by atoms with Crippen LogP contribution in [0.3, 0.4) is 0 Å². The van der Waals surface area contributed by atoms with Crippen LogP contribution in [0.2, 0.25) is 0 Å². The van der Waals surface area contributed by atoms with Crippen LogP contribution >= 0.6 is 0 Å². The highest BCUT2D eigenvalue weighted by Crippen LogP contribution is 2.27. The molecule has 0 unspecified atom stereocenters. The van der Waals surface area contributed by atoms with Crippen molar-refractivity contribution in [2.75, 3.05) is 39.6 Å². The first-order valence-corrected chi connectivity index (χ1v) is 10.7. The molecule has 0 aromatic heterocycles. The zero-order valence-corrected chi connectivity index (χ0v) is 18.7. The molecule has 0 aliphatic heterocycles. The summed E-state index contributed by atoms with van der Waals surface area (Å²) < 4.78 is 23.3. The van der Waals surface area contributed by atoms with Crippen LogP contribution in [0.5, 0.6) is 0 Å². The summed E-state index contributed by atoms with van der Waals surface area (Å²) in [6.07, 6.45) is 6.52. The number of carbonyl (C=O) groups excluding carboxylic acids is 1. The molecule has 0 heterocycles. The summed E-state index contributed by atoms with van der Waals surface area (Å²) in [5.41, 5.74) is -1.00. The first-order chi connectivity index (χ1) is 12.8. The predicted octanol–water partition coefficient (Wildman–Crippen LogP) is 5.15. The summed E-state index contributed by atoms with van der Waals surface area (Å²) >= 11 is 0. The van der Waals surface area contributed by atoms with Gasteiger partial charge in [0.05, 0.1) is 31.7 Å². The molecule has 0 rings (SSSR count). The van der Waals surface area contributed by atoms with Gasteiger partial charge in [-0.1, -0.05) is 40.0 Å². The van der Waals surface area contributed by atoms with Crippen molar-refractivity contribution >= 4 is 5.97 Å². The summed E-state index contributed by atoms with van der Waals surface area (Å²) in [7, 11) is 0. The molecule has 0 saturated heterocycles. The molecule has 0 atom stereocenters. The zero-order valence-electron chi connectivity index (χ0n) is 18.7. The zero-order chi connectivity index (χ0) is 20.6. The molecule has 162 valence electrons. The van der Waals surface area contributed by atoms with Crippen molar-refractivity contribution in [2.24, 2.45) is 5.41 Å². The smallest absolute Gasteiger partial charge is 0.307 e. The maximum absolute atomic E-state index is 12.6. The van der Waals surface area contributed by atoms with Gasteiger partial charge in [0.15, 0.2) is 0 Å².